The molecule has 5 nitrogen and oxygen atoms in total. The van der Waals surface area contributed by atoms with E-state index in [0.29, 0.717) is 12.2 Å². The molecule has 0 aromatic carbocycles. The largest absolute Gasteiger partial charge is 0.481 e. The SMILES string of the molecule is Cn1cnc(CCC(=O)O)n1. The van der Waals surface area contributed by atoms with Gasteiger partial charge in [0.05, 0.1) is 6.42 Å². The van der Waals surface area contributed by atoms with E-state index >= 15 is 0 Å². The lowest BCUT2D eigenvalue weighted by molar-refractivity contribution is -0.137. The van der Waals surface area contributed by atoms with Crippen LogP contribution in [0.15, 0.2) is 6.33 Å². The molecule has 0 fully saturated rings. The van der Waals surface area contributed by atoms with Crippen molar-refractivity contribution in [3.8, 4) is 0 Å². The van der Waals surface area contributed by atoms with Crippen LogP contribution in [0.25, 0.3) is 0 Å². The zero-order chi connectivity index (χ0) is 8.27. The number of aromatic nitrogens is 3. The molecule has 0 aliphatic heterocycles. The summed E-state index contributed by atoms with van der Waals surface area (Å²) in [7, 11) is 1.75. The van der Waals surface area contributed by atoms with Crippen LogP contribution in [0.2, 0.25) is 0 Å². The van der Waals surface area contributed by atoms with Gasteiger partial charge in [-0.15, -0.1) is 0 Å². The number of carbonyl (C=O) groups is 1. The monoisotopic (exact) mass is 155 g/mol. The summed E-state index contributed by atoms with van der Waals surface area (Å²) in [5.41, 5.74) is 0. The van der Waals surface area contributed by atoms with Crippen LogP contribution in [-0.2, 0) is 18.3 Å². The van der Waals surface area contributed by atoms with Crippen LogP contribution < -0.4 is 0 Å². The molecule has 60 valence electrons. The van der Waals surface area contributed by atoms with Gasteiger partial charge in [0.1, 0.15) is 6.33 Å². The third-order valence-electron chi connectivity index (χ3n) is 1.21. The van der Waals surface area contributed by atoms with Crippen LogP contribution in [0, 0.1) is 0 Å². The van der Waals surface area contributed by atoms with E-state index in [2.05, 4.69) is 10.1 Å². The third-order valence-corrected chi connectivity index (χ3v) is 1.21. The predicted octanol–water partition coefficient (Wildman–Crippen LogP) is -0.168. The lowest BCUT2D eigenvalue weighted by Crippen LogP contribution is -1.99. The van der Waals surface area contributed by atoms with Crippen molar-refractivity contribution >= 4 is 5.97 Å². The Morgan fingerprint density at radius 3 is 3.00 bits per heavy atom. The van der Waals surface area contributed by atoms with Crippen LogP contribution in [0.1, 0.15) is 12.2 Å². The highest BCUT2D eigenvalue weighted by Gasteiger charge is 2.01. The van der Waals surface area contributed by atoms with E-state index in [1.807, 2.05) is 0 Å². The van der Waals surface area contributed by atoms with Gasteiger partial charge in [0.15, 0.2) is 5.82 Å². The van der Waals surface area contributed by atoms with Crippen molar-refractivity contribution in [1.82, 2.24) is 14.8 Å². The van der Waals surface area contributed by atoms with E-state index in [9.17, 15) is 4.79 Å². The first-order valence-electron chi connectivity index (χ1n) is 3.25. The Kier molecular flexibility index (Phi) is 2.20. The van der Waals surface area contributed by atoms with Crippen molar-refractivity contribution in [1.29, 1.82) is 0 Å². The van der Waals surface area contributed by atoms with Crippen molar-refractivity contribution in [2.24, 2.45) is 7.05 Å². The minimum Gasteiger partial charge on any atom is -0.481 e. The van der Waals surface area contributed by atoms with Gasteiger partial charge in [0, 0.05) is 13.5 Å². The third kappa shape index (κ3) is 2.37. The van der Waals surface area contributed by atoms with Crippen molar-refractivity contribution < 1.29 is 9.90 Å². The summed E-state index contributed by atoms with van der Waals surface area (Å²) in [5, 5.41) is 12.2. The van der Waals surface area contributed by atoms with Gasteiger partial charge in [-0.25, -0.2) is 4.98 Å². The molecule has 0 saturated heterocycles. The highest BCUT2D eigenvalue weighted by Crippen LogP contribution is 1.93. The summed E-state index contributed by atoms with van der Waals surface area (Å²) < 4.78 is 1.55. The van der Waals surface area contributed by atoms with Crippen LogP contribution in [0.3, 0.4) is 0 Å². The summed E-state index contributed by atoms with van der Waals surface area (Å²) in [4.78, 5) is 14.0. The maximum Gasteiger partial charge on any atom is 0.303 e. The Labute approximate surface area is 63.7 Å². The molecule has 0 amide bonds. The first-order valence-corrected chi connectivity index (χ1v) is 3.25. The molecule has 0 atom stereocenters. The fraction of sp³-hybridized carbons (Fsp3) is 0.500. The summed E-state index contributed by atoms with van der Waals surface area (Å²) in [6.07, 6.45) is 2.04. The molecule has 0 bridgehead atoms. The van der Waals surface area contributed by atoms with Crippen LogP contribution in [-0.4, -0.2) is 25.8 Å². The standard InChI is InChI=1S/C6H9N3O2/c1-9-4-7-5(8-9)2-3-6(10)11/h4H,2-3H2,1H3,(H,10,11). The second kappa shape index (κ2) is 3.14. The maximum atomic E-state index is 10.1. The Morgan fingerprint density at radius 1 is 1.82 bits per heavy atom. The first kappa shape index (κ1) is 7.71. The Balaban J connectivity index is 2.45. The number of carboxylic acid groups (broad SMARTS) is 1. The van der Waals surface area contributed by atoms with Gasteiger partial charge >= 0.3 is 5.97 Å². The minimum atomic E-state index is -0.822. The number of carboxylic acids is 1. The summed E-state index contributed by atoms with van der Waals surface area (Å²) >= 11 is 0. The molecule has 0 saturated carbocycles. The van der Waals surface area contributed by atoms with Crippen molar-refractivity contribution in [2.45, 2.75) is 12.8 Å². The molecule has 0 unspecified atom stereocenters. The molecule has 0 aliphatic carbocycles. The highest BCUT2D eigenvalue weighted by atomic mass is 16.4. The zero-order valence-electron chi connectivity index (χ0n) is 6.19. The van der Waals surface area contributed by atoms with Crippen LogP contribution >= 0.6 is 0 Å². The average molecular weight is 155 g/mol. The molecule has 1 heterocycles. The molecule has 0 spiro atoms. The summed E-state index contributed by atoms with van der Waals surface area (Å²) in [6.45, 7) is 0. The minimum absolute atomic E-state index is 0.0873. The predicted molar refractivity (Wildman–Crippen MR) is 37.0 cm³/mol. The van der Waals surface area contributed by atoms with E-state index < -0.39 is 5.97 Å². The molecule has 1 aromatic heterocycles. The van der Waals surface area contributed by atoms with Crippen molar-refractivity contribution in [2.75, 3.05) is 0 Å². The highest BCUT2D eigenvalue weighted by molar-refractivity contribution is 5.66. The van der Waals surface area contributed by atoms with Gasteiger partial charge in [-0.2, -0.15) is 5.10 Å². The Hall–Kier alpha value is -1.39. The Bertz CT molecular complexity index is 256. The van der Waals surface area contributed by atoms with Crippen molar-refractivity contribution in [3.63, 3.8) is 0 Å². The molecule has 0 radical (unpaired) electrons. The summed E-state index contributed by atoms with van der Waals surface area (Å²) in [6, 6.07) is 0. The number of aryl methyl sites for hydroxylation is 2. The maximum absolute atomic E-state index is 10.1. The second-order valence-corrected chi connectivity index (χ2v) is 2.23. The topological polar surface area (TPSA) is 68.0 Å². The molecule has 1 aromatic rings. The quantitative estimate of drug-likeness (QED) is 0.658. The average Bonchev–Trinajstić information content (AvgIpc) is 2.31. The van der Waals surface area contributed by atoms with Gasteiger partial charge in [-0.1, -0.05) is 0 Å². The number of rotatable bonds is 3. The number of nitrogens with zero attached hydrogens (tertiary/aromatic N) is 3. The lowest BCUT2D eigenvalue weighted by atomic mass is 10.3. The number of hydrogen-bond donors (Lipinski definition) is 1. The second-order valence-electron chi connectivity index (χ2n) is 2.23. The van der Waals surface area contributed by atoms with Crippen LogP contribution in [0.5, 0.6) is 0 Å². The van der Waals surface area contributed by atoms with E-state index in [4.69, 9.17) is 5.11 Å². The Morgan fingerprint density at radius 2 is 2.55 bits per heavy atom. The van der Waals surface area contributed by atoms with E-state index in [0.717, 1.165) is 0 Å². The van der Waals surface area contributed by atoms with Gasteiger partial charge in [-0.3, -0.25) is 9.48 Å². The normalized spacial score (nSPS) is 9.91. The van der Waals surface area contributed by atoms with E-state index in [-0.39, 0.29) is 6.42 Å². The molecular formula is C6H9N3O2. The number of hydrogen-bond acceptors (Lipinski definition) is 3. The van der Waals surface area contributed by atoms with Gasteiger partial charge < -0.3 is 5.11 Å². The smallest absolute Gasteiger partial charge is 0.303 e. The molecule has 1 rings (SSSR count). The molecule has 0 aliphatic rings. The zero-order valence-corrected chi connectivity index (χ0v) is 6.19. The van der Waals surface area contributed by atoms with Crippen molar-refractivity contribution in [3.05, 3.63) is 12.2 Å². The molecule has 1 N–H and O–H groups in total. The van der Waals surface area contributed by atoms with Gasteiger partial charge in [0.25, 0.3) is 0 Å². The fourth-order valence-corrected chi connectivity index (χ4v) is 0.717. The lowest BCUT2D eigenvalue weighted by Gasteiger charge is -1.88. The van der Waals surface area contributed by atoms with Crippen LogP contribution in [0.4, 0.5) is 0 Å². The fourth-order valence-electron chi connectivity index (χ4n) is 0.717. The first-order chi connectivity index (χ1) is 5.18. The van der Waals surface area contributed by atoms with E-state index in [1.165, 1.54) is 0 Å². The van der Waals surface area contributed by atoms with Gasteiger partial charge in [0.2, 0.25) is 0 Å². The summed E-state index contributed by atoms with van der Waals surface area (Å²) in [5.74, 6) is -0.243. The molecule has 5 heteroatoms. The molecular weight excluding hydrogens is 146 g/mol. The number of aliphatic carboxylic acids is 1. The van der Waals surface area contributed by atoms with E-state index in [1.54, 1.807) is 18.1 Å². The van der Waals surface area contributed by atoms with Gasteiger partial charge in [-0.05, 0) is 0 Å². The molecule has 11 heavy (non-hydrogen) atoms.